The summed E-state index contributed by atoms with van der Waals surface area (Å²) in [6.07, 6.45) is 0. The fourth-order valence-corrected chi connectivity index (χ4v) is 3.68. The highest BCUT2D eigenvalue weighted by atomic mass is 16.5. The van der Waals surface area contributed by atoms with Gasteiger partial charge in [-0.05, 0) is 36.4 Å². The number of methoxy groups -OCH3 is 2. The van der Waals surface area contributed by atoms with Crippen molar-refractivity contribution in [1.82, 2.24) is 5.32 Å². The maximum Gasteiger partial charge on any atom is 0.258 e. The molecule has 1 aliphatic rings. The minimum Gasteiger partial charge on any atom is -0.493 e. The summed E-state index contributed by atoms with van der Waals surface area (Å²) in [7, 11) is 5.08. The van der Waals surface area contributed by atoms with E-state index in [1.807, 2.05) is 55.6 Å². The van der Waals surface area contributed by atoms with Gasteiger partial charge in [0.2, 0.25) is 0 Å². The molecule has 1 amide bonds. The van der Waals surface area contributed by atoms with Gasteiger partial charge in [0, 0.05) is 23.9 Å². The second-order valence-electron chi connectivity index (χ2n) is 7.18. The Balaban J connectivity index is 1.85. The van der Waals surface area contributed by atoms with Gasteiger partial charge in [-0.3, -0.25) is 4.79 Å². The molecule has 1 aliphatic heterocycles. The number of nitrogens with one attached hydrogen (secondary N) is 3. The largest absolute Gasteiger partial charge is 0.493 e. The second-order valence-corrected chi connectivity index (χ2v) is 7.18. The lowest BCUT2D eigenvalue weighted by Gasteiger charge is -2.16. The van der Waals surface area contributed by atoms with Crippen molar-refractivity contribution >= 4 is 28.6 Å². The molecule has 0 radical (unpaired) electrons. The summed E-state index contributed by atoms with van der Waals surface area (Å²) in [6.45, 7) is 0.796. The minimum absolute atomic E-state index is 0.177. The molecule has 0 bridgehead atoms. The van der Waals surface area contributed by atoms with Gasteiger partial charge >= 0.3 is 0 Å². The van der Waals surface area contributed by atoms with Crippen LogP contribution in [0.1, 0.15) is 16.7 Å². The molecule has 6 nitrogen and oxygen atoms in total. The Kier molecular flexibility index (Phi) is 5.91. The predicted molar refractivity (Wildman–Crippen MR) is 124 cm³/mol. The van der Waals surface area contributed by atoms with Crippen LogP contribution in [0.15, 0.2) is 66.7 Å². The third-order valence-corrected chi connectivity index (χ3v) is 5.18. The van der Waals surface area contributed by atoms with Gasteiger partial charge in [-0.2, -0.15) is 0 Å². The fraction of sp³-hybridized carbons (Fsp3) is 0.160. The van der Waals surface area contributed by atoms with E-state index in [4.69, 9.17) is 9.47 Å². The number of fused-ring (bicyclic) bond motifs is 1. The number of hydrogen-bond acceptors (Lipinski definition) is 5. The summed E-state index contributed by atoms with van der Waals surface area (Å²) in [5.74, 6) is 0.958. The fourth-order valence-electron chi connectivity index (χ4n) is 3.68. The van der Waals surface area contributed by atoms with Gasteiger partial charge in [-0.25, -0.2) is 0 Å². The second kappa shape index (κ2) is 8.93. The Labute approximate surface area is 181 Å². The minimum atomic E-state index is -0.177. The van der Waals surface area contributed by atoms with E-state index in [0.29, 0.717) is 22.8 Å². The van der Waals surface area contributed by atoms with E-state index in [2.05, 4.69) is 28.1 Å². The SMILES string of the molecule is CNCc1ccc(NC(=C2C(=O)Nc3cc(OC)c(OC)cc32)c2ccccc2)cc1. The number of anilines is 2. The van der Waals surface area contributed by atoms with E-state index in [9.17, 15) is 4.79 Å². The third kappa shape index (κ3) is 4.11. The summed E-state index contributed by atoms with van der Waals surface area (Å²) >= 11 is 0. The van der Waals surface area contributed by atoms with Crippen molar-refractivity contribution in [2.75, 3.05) is 31.9 Å². The zero-order chi connectivity index (χ0) is 21.8. The maximum atomic E-state index is 13.1. The smallest absolute Gasteiger partial charge is 0.258 e. The van der Waals surface area contributed by atoms with Gasteiger partial charge < -0.3 is 25.4 Å². The molecule has 1 heterocycles. The summed E-state index contributed by atoms with van der Waals surface area (Å²) in [5, 5.41) is 9.57. The zero-order valence-corrected chi connectivity index (χ0v) is 17.8. The van der Waals surface area contributed by atoms with Gasteiger partial charge in [0.05, 0.1) is 31.2 Å². The molecule has 0 unspecified atom stereocenters. The van der Waals surface area contributed by atoms with Crippen molar-refractivity contribution in [3.63, 3.8) is 0 Å². The van der Waals surface area contributed by atoms with Crippen molar-refractivity contribution in [2.45, 2.75) is 6.54 Å². The van der Waals surface area contributed by atoms with Gasteiger partial charge in [-0.1, -0.05) is 42.5 Å². The van der Waals surface area contributed by atoms with Crippen molar-refractivity contribution in [1.29, 1.82) is 0 Å². The molecule has 0 aromatic heterocycles. The molecule has 0 atom stereocenters. The average Bonchev–Trinajstić information content (AvgIpc) is 3.12. The van der Waals surface area contributed by atoms with Crippen LogP contribution in [0.3, 0.4) is 0 Å². The topological polar surface area (TPSA) is 71.6 Å². The summed E-state index contributed by atoms with van der Waals surface area (Å²) in [5.41, 5.74) is 5.73. The molecule has 3 aromatic carbocycles. The summed E-state index contributed by atoms with van der Waals surface area (Å²) in [4.78, 5) is 13.1. The Morgan fingerprint density at radius 2 is 1.61 bits per heavy atom. The van der Waals surface area contributed by atoms with Crippen LogP contribution in [0.4, 0.5) is 11.4 Å². The maximum absolute atomic E-state index is 13.1. The standard InChI is InChI=1S/C25H25N3O3/c1-26-15-16-9-11-18(12-10-16)27-24(17-7-5-4-6-8-17)23-19-13-21(30-2)22(31-3)14-20(19)28-25(23)29/h4-14,26-27H,15H2,1-3H3,(H,28,29). The average molecular weight is 415 g/mol. The molecule has 158 valence electrons. The van der Waals surface area contributed by atoms with Crippen molar-refractivity contribution in [3.05, 3.63) is 83.4 Å². The highest BCUT2D eigenvalue weighted by molar-refractivity contribution is 6.37. The van der Waals surface area contributed by atoms with Gasteiger partial charge in [0.1, 0.15) is 0 Å². The zero-order valence-electron chi connectivity index (χ0n) is 17.8. The van der Waals surface area contributed by atoms with E-state index in [1.54, 1.807) is 20.3 Å². The van der Waals surface area contributed by atoms with E-state index < -0.39 is 0 Å². The van der Waals surface area contributed by atoms with Crippen LogP contribution in [0.25, 0.3) is 11.3 Å². The quantitative estimate of drug-likeness (QED) is 0.500. The molecule has 3 aromatic rings. The molecule has 0 fully saturated rings. The number of benzene rings is 3. The molecule has 0 saturated heterocycles. The highest BCUT2D eigenvalue weighted by Gasteiger charge is 2.30. The van der Waals surface area contributed by atoms with Crippen molar-refractivity contribution < 1.29 is 14.3 Å². The Morgan fingerprint density at radius 3 is 2.26 bits per heavy atom. The van der Waals surface area contributed by atoms with Crippen LogP contribution in [0.5, 0.6) is 11.5 Å². The van der Waals surface area contributed by atoms with Crippen LogP contribution in [-0.4, -0.2) is 27.2 Å². The van der Waals surface area contributed by atoms with Crippen LogP contribution in [0.2, 0.25) is 0 Å². The normalized spacial score (nSPS) is 14.0. The lowest BCUT2D eigenvalue weighted by Crippen LogP contribution is -2.10. The first-order valence-corrected chi connectivity index (χ1v) is 10.0. The van der Waals surface area contributed by atoms with Crippen molar-refractivity contribution in [2.24, 2.45) is 0 Å². The van der Waals surface area contributed by atoms with Crippen molar-refractivity contribution in [3.8, 4) is 11.5 Å². The molecule has 4 rings (SSSR count). The Bertz CT molecular complexity index is 1120. The number of rotatable bonds is 7. The van der Waals surface area contributed by atoms with E-state index in [0.717, 1.165) is 29.1 Å². The van der Waals surface area contributed by atoms with Crippen LogP contribution in [0, 0.1) is 0 Å². The predicted octanol–water partition coefficient (Wildman–Crippen LogP) is 4.36. The van der Waals surface area contributed by atoms with Crippen LogP contribution < -0.4 is 25.4 Å². The lowest BCUT2D eigenvalue weighted by atomic mass is 9.99. The van der Waals surface area contributed by atoms with E-state index in [-0.39, 0.29) is 5.91 Å². The molecule has 0 spiro atoms. The molecule has 0 saturated carbocycles. The third-order valence-electron chi connectivity index (χ3n) is 5.18. The lowest BCUT2D eigenvalue weighted by molar-refractivity contribution is -0.110. The van der Waals surface area contributed by atoms with Crippen LogP contribution in [-0.2, 0) is 11.3 Å². The van der Waals surface area contributed by atoms with E-state index in [1.165, 1.54) is 5.56 Å². The summed E-state index contributed by atoms with van der Waals surface area (Å²) < 4.78 is 10.9. The molecule has 3 N–H and O–H groups in total. The Morgan fingerprint density at radius 1 is 0.935 bits per heavy atom. The molecule has 6 heteroatoms. The number of hydrogen-bond donors (Lipinski definition) is 3. The highest BCUT2D eigenvalue weighted by Crippen LogP contribution is 2.43. The van der Waals surface area contributed by atoms with Crippen LogP contribution >= 0.6 is 0 Å². The first-order chi connectivity index (χ1) is 15.1. The summed E-state index contributed by atoms with van der Waals surface area (Å²) in [6, 6.07) is 21.6. The molecule has 31 heavy (non-hydrogen) atoms. The monoisotopic (exact) mass is 415 g/mol. The van der Waals surface area contributed by atoms with Gasteiger partial charge in [-0.15, -0.1) is 0 Å². The molecular formula is C25H25N3O3. The number of amides is 1. The first kappa shape index (κ1) is 20.5. The molecule has 0 aliphatic carbocycles. The Hall–Kier alpha value is -3.77. The number of carbonyl (C=O) groups excluding carboxylic acids is 1. The molecular weight excluding hydrogens is 390 g/mol. The van der Waals surface area contributed by atoms with E-state index >= 15 is 0 Å². The number of ether oxygens (including phenoxy) is 2. The number of carbonyl (C=O) groups is 1. The van der Waals surface area contributed by atoms with Gasteiger partial charge in [0.25, 0.3) is 5.91 Å². The van der Waals surface area contributed by atoms with Gasteiger partial charge in [0.15, 0.2) is 11.5 Å². The first-order valence-electron chi connectivity index (χ1n) is 10.0.